The van der Waals surface area contributed by atoms with Gasteiger partial charge in [-0.05, 0) is 49.2 Å². The topological polar surface area (TPSA) is 118 Å². The first kappa shape index (κ1) is 24.1. The van der Waals surface area contributed by atoms with Crippen molar-refractivity contribution in [2.75, 3.05) is 42.6 Å². The third-order valence-corrected chi connectivity index (χ3v) is 6.76. The second kappa shape index (κ2) is 10.9. The van der Waals surface area contributed by atoms with Crippen molar-refractivity contribution in [2.45, 2.75) is 25.0 Å². The molecule has 10 nitrogen and oxygen atoms in total. The standard InChI is InChI=1S/C22H23ClN4O6S/c23-19-8-7-18(34-19)20(28)24-12-16-13-27(22(30)33-16)15-5-3-14(4-6-15)26-10-11-32-17(21(26)29)2-1-9-25-31/h3-8,16-17H,1-2,9-13H2,(H,24,28)/t16-,17?/m0/s1. The fraction of sp³-hybridized carbons (Fsp3) is 0.409. The Kier molecular flexibility index (Phi) is 7.76. The lowest BCUT2D eigenvalue weighted by molar-refractivity contribution is -0.134. The van der Waals surface area contributed by atoms with Gasteiger partial charge >= 0.3 is 6.09 Å². The number of anilines is 2. The number of hydrogen-bond acceptors (Lipinski definition) is 8. The van der Waals surface area contributed by atoms with E-state index in [1.54, 1.807) is 41.3 Å². The molecule has 2 fully saturated rings. The largest absolute Gasteiger partial charge is 0.442 e. The molecule has 0 saturated carbocycles. The Balaban J connectivity index is 1.33. The number of morpholine rings is 1. The van der Waals surface area contributed by atoms with Crippen molar-refractivity contribution in [1.29, 1.82) is 0 Å². The van der Waals surface area contributed by atoms with Gasteiger partial charge < -0.3 is 19.7 Å². The number of nitroso groups, excluding NO2 is 1. The third-order valence-electron chi connectivity index (χ3n) is 5.53. The predicted octanol–water partition coefficient (Wildman–Crippen LogP) is 3.44. The van der Waals surface area contributed by atoms with E-state index in [1.165, 1.54) is 16.2 Å². The van der Waals surface area contributed by atoms with Crippen LogP contribution in [0.3, 0.4) is 0 Å². The first-order valence-electron chi connectivity index (χ1n) is 10.8. The van der Waals surface area contributed by atoms with Crippen molar-refractivity contribution in [3.8, 4) is 0 Å². The van der Waals surface area contributed by atoms with Crippen LogP contribution in [0.5, 0.6) is 0 Å². The van der Waals surface area contributed by atoms with Crippen LogP contribution in [0.1, 0.15) is 22.5 Å². The molecule has 1 N–H and O–H groups in total. The van der Waals surface area contributed by atoms with E-state index in [-0.39, 0.29) is 31.4 Å². The lowest BCUT2D eigenvalue weighted by atomic mass is 10.1. The van der Waals surface area contributed by atoms with E-state index < -0.39 is 18.3 Å². The summed E-state index contributed by atoms with van der Waals surface area (Å²) in [6.45, 7) is 1.44. The maximum atomic E-state index is 12.8. The molecular formula is C22H23ClN4O6S. The maximum absolute atomic E-state index is 12.8. The first-order chi connectivity index (χ1) is 16.5. The fourth-order valence-electron chi connectivity index (χ4n) is 3.83. The summed E-state index contributed by atoms with van der Waals surface area (Å²) in [4.78, 5) is 51.2. The van der Waals surface area contributed by atoms with Gasteiger partial charge in [-0.15, -0.1) is 11.3 Å². The molecular weight excluding hydrogens is 484 g/mol. The number of carbonyl (C=O) groups is 3. The number of benzene rings is 1. The van der Waals surface area contributed by atoms with Crippen LogP contribution < -0.4 is 15.1 Å². The molecule has 3 heterocycles. The highest BCUT2D eigenvalue weighted by molar-refractivity contribution is 7.18. The molecule has 0 aliphatic carbocycles. The number of nitrogens with one attached hydrogen (secondary N) is 1. The molecule has 3 amide bonds. The smallest absolute Gasteiger partial charge is 0.414 e. The number of amides is 3. The molecule has 1 aromatic heterocycles. The number of rotatable bonds is 9. The van der Waals surface area contributed by atoms with Crippen molar-refractivity contribution >= 4 is 52.2 Å². The van der Waals surface area contributed by atoms with Gasteiger partial charge in [0.15, 0.2) is 0 Å². The molecule has 2 aromatic rings. The van der Waals surface area contributed by atoms with E-state index in [4.69, 9.17) is 21.1 Å². The number of thiophene rings is 1. The van der Waals surface area contributed by atoms with Crippen LogP contribution in [0.2, 0.25) is 4.34 Å². The fourth-order valence-corrected chi connectivity index (χ4v) is 4.79. The molecule has 12 heteroatoms. The molecule has 4 rings (SSSR count). The average molecular weight is 507 g/mol. The number of nitrogens with zero attached hydrogens (tertiary/aromatic N) is 3. The minimum Gasteiger partial charge on any atom is -0.442 e. The van der Waals surface area contributed by atoms with Crippen molar-refractivity contribution in [1.82, 2.24) is 5.32 Å². The number of ether oxygens (including phenoxy) is 2. The Bertz CT molecular complexity index is 1060. The second-order valence-electron chi connectivity index (χ2n) is 7.79. The Morgan fingerprint density at radius 1 is 1.15 bits per heavy atom. The van der Waals surface area contributed by atoms with E-state index in [0.717, 1.165) is 0 Å². The average Bonchev–Trinajstić information content (AvgIpc) is 3.44. The van der Waals surface area contributed by atoms with Crippen molar-refractivity contribution < 1.29 is 23.9 Å². The Morgan fingerprint density at radius 3 is 2.56 bits per heavy atom. The summed E-state index contributed by atoms with van der Waals surface area (Å²) in [5, 5.41) is 5.57. The summed E-state index contributed by atoms with van der Waals surface area (Å²) >= 11 is 7.04. The van der Waals surface area contributed by atoms with Gasteiger partial charge in [0.25, 0.3) is 11.8 Å². The zero-order chi connectivity index (χ0) is 24.1. The SMILES string of the molecule is O=NCCCC1OCCN(c2ccc(N3C[C@H](CNC(=O)c4ccc(Cl)s4)OC3=O)cc2)C1=O. The van der Waals surface area contributed by atoms with E-state index in [1.807, 2.05) is 0 Å². The lowest BCUT2D eigenvalue weighted by Gasteiger charge is -2.32. The summed E-state index contributed by atoms with van der Waals surface area (Å²) in [5.41, 5.74) is 1.32. The molecule has 1 unspecified atom stereocenters. The lowest BCUT2D eigenvalue weighted by Crippen LogP contribution is -2.48. The number of halogens is 1. The summed E-state index contributed by atoms with van der Waals surface area (Å²) in [6.07, 6.45) is -0.653. The minimum atomic E-state index is -0.593. The minimum absolute atomic E-state index is 0.154. The van der Waals surface area contributed by atoms with Gasteiger partial charge in [-0.25, -0.2) is 4.79 Å². The molecule has 34 heavy (non-hydrogen) atoms. The van der Waals surface area contributed by atoms with Crippen LogP contribution >= 0.6 is 22.9 Å². The van der Waals surface area contributed by atoms with E-state index >= 15 is 0 Å². The van der Waals surface area contributed by atoms with Gasteiger partial charge in [0.05, 0.1) is 35.5 Å². The van der Waals surface area contributed by atoms with Gasteiger partial charge in [0.1, 0.15) is 12.2 Å². The van der Waals surface area contributed by atoms with Crippen molar-refractivity contribution in [2.24, 2.45) is 5.18 Å². The molecule has 2 saturated heterocycles. The Morgan fingerprint density at radius 2 is 1.88 bits per heavy atom. The van der Waals surface area contributed by atoms with Crippen LogP contribution in [0.25, 0.3) is 0 Å². The second-order valence-corrected chi connectivity index (χ2v) is 9.51. The van der Waals surface area contributed by atoms with Gasteiger partial charge in [-0.2, -0.15) is 4.91 Å². The third kappa shape index (κ3) is 5.54. The summed E-state index contributed by atoms with van der Waals surface area (Å²) in [6, 6.07) is 10.3. The van der Waals surface area contributed by atoms with Crippen molar-refractivity contribution in [3.05, 3.63) is 50.5 Å². The van der Waals surface area contributed by atoms with Crippen LogP contribution in [0.15, 0.2) is 41.6 Å². The highest BCUT2D eigenvalue weighted by Crippen LogP contribution is 2.27. The van der Waals surface area contributed by atoms with Crippen LogP contribution in [0, 0.1) is 4.91 Å². The Labute approximate surface area is 204 Å². The van der Waals surface area contributed by atoms with Crippen LogP contribution in [-0.4, -0.2) is 62.9 Å². The van der Waals surface area contributed by atoms with Crippen molar-refractivity contribution in [3.63, 3.8) is 0 Å². The van der Waals surface area contributed by atoms with E-state index in [0.29, 0.717) is 46.6 Å². The van der Waals surface area contributed by atoms with Gasteiger partial charge in [-0.1, -0.05) is 16.8 Å². The molecule has 0 radical (unpaired) electrons. The summed E-state index contributed by atoms with van der Waals surface area (Å²) < 4.78 is 11.5. The molecule has 0 bridgehead atoms. The van der Waals surface area contributed by atoms with Gasteiger partial charge in [-0.3, -0.25) is 14.5 Å². The van der Waals surface area contributed by atoms with E-state index in [9.17, 15) is 19.3 Å². The summed E-state index contributed by atoms with van der Waals surface area (Å²) in [7, 11) is 0. The predicted molar refractivity (Wildman–Crippen MR) is 128 cm³/mol. The zero-order valence-corrected chi connectivity index (χ0v) is 19.7. The molecule has 180 valence electrons. The number of hydrogen-bond donors (Lipinski definition) is 1. The quantitative estimate of drug-likeness (QED) is 0.411. The zero-order valence-electron chi connectivity index (χ0n) is 18.1. The Hall–Kier alpha value is -3.02. The van der Waals surface area contributed by atoms with Gasteiger partial charge in [0.2, 0.25) is 0 Å². The molecule has 2 aliphatic rings. The highest BCUT2D eigenvalue weighted by Gasteiger charge is 2.33. The molecule has 2 aliphatic heterocycles. The number of cyclic esters (lactones) is 1. The normalized spacial score (nSPS) is 20.4. The van der Waals surface area contributed by atoms with Crippen LogP contribution in [-0.2, 0) is 14.3 Å². The maximum Gasteiger partial charge on any atom is 0.414 e. The molecule has 2 atom stereocenters. The van der Waals surface area contributed by atoms with E-state index in [2.05, 4.69) is 10.5 Å². The molecule has 0 spiro atoms. The number of carbonyl (C=O) groups excluding carboxylic acids is 3. The molecule has 1 aromatic carbocycles. The van der Waals surface area contributed by atoms with Crippen LogP contribution in [0.4, 0.5) is 16.2 Å². The summed E-state index contributed by atoms with van der Waals surface area (Å²) in [5.74, 6) is -0.431. The highest BCUT2D eigenvalue weighted by atomic mass is 35.5. The first-order valence-corrected chi connectivity index (χ1v) is 12.0. The van der Waals surface area contributed by atoms with Gasteiger partial charge in [0, 0.05) is 17.9 Å². The monoisotopic (exact) mass is 506 g/mol.